The third-order valence-corrected chi connectivity index (χ3v) is 3.19. The Morgan fingerprint density at radius 2 is 1.95 bits per heavy atom. The van der Waals surface area contributed by atoms with Crippen molar-refractivity contribution in [2.24, 2.45) is 0 Å². The van der Waals surface area contributed by atoms with E-state index in [9.17, 15) is 9.90 Å². The zero-order valence-electron chi connectivity index (χ0n) is 11.2. The topological polar surface area (TPSA) is 82.5 Å². The molecule has 3 N–H and O–H groups in total. The van der Waals surface area contributed by atoms with Crippen LogP contribution in [0.4, 0.5) is 5.82 Å². The predicted molar refractivity (Wildman–Crippen MR) is 80.8 cm³/mol. The van der Waals surface area contributed by atoms with Crippen molar-refractivity contribution in [2.75, 3.05) is 11.9 Å². The summed E-state index contributed by atoms with van der Waals surface area (Å²) in [5.74, 6) is -0.942. The Morgan fingerprint density at radius 1 is 1.24 bits per heavy atom. The predicted octanol–water partition coefficient (Wildman–Crippen LogP) is 2.45. The number of rotatable bonds is 6. The van der Waals surface area contributed by atoms with Gasteiger partial charge in [0.1, 0.15) is 16.5 Å². The molecule has 0 aliphatic rings. The smallest absolute Gasteiger partial charge is 0.339 e. The lowest BCUT2D eigenvalue weighted by atomic mass is 10.1. The number of carboxylic acids is 1. The van der Waals surface area contributed by atoms with Crippen molar-refractivity contribution < 1.29 is 15.0 Å². The van der Waals surface area contributed by atoms with Gasteiger partial charge in [-0.15, -0.1) is 0 Å². The summed E-state index contributed by atoms with van der Waals surface area (Å²) in [6, 6.07) is 12.1. The van der Waals surface area contributed by atoms with Gasteiger partial charge in [0.05, 0.1) is 12.6 Å². The fraction of sp³-hybridized carbons (Fsp3) is 0.200. The molecule has 0 radical (unpaired) electrons. The number of hydrogen-bond acceptors (Lipinski definition) is 4. The maximum absolute atomic E-state index is 11.2. The summed E-state index contributed by atoms with van der Waals surface area (Å²) < 4.78 is 0. The van der Waals surface area contributed by atoms with E-state index in [0.29, 0.717) is 6.42 Å². The van der Waals surface area contributed by atoms with Crippen molar-refractivity contribution in [3.63, 3.8) is 0 Å². The van der Waals surface area contributed by atoms with Gasteiger partial charge in [0.25, 0.3) is 0 Å². The van der Waals surface area contributed by atoms with Crippen molar-refractivity contribution in [3.05, 3.63) is 58.7 Å². The second-order valence-corrected chi connectivity index (χ2v) is 4.94. The number of aliphatic hydroxyl groups is 1. The molecule has 21 heavy (non-hydrogen) atoms. The Labute approximate surface area is 127 Å². The number of aromatic carboxylic acids is 1. The molecule has 0 saturated carbocycles. The van der Waals surface area contributed by atoms with Gasteiger partial charge in [0, 0.05) is 0 Å². The van der Waals surface area contributed by atoms with Crippen LogP contribution in [0, 0.1) is 0 Å². The van der Waals surface area contributed by atoms with Gasteiger partial charge in [-0.1, -0.05) is 41.9 Å². The van der Waals surface area contributed by atoms with Crippen molar-refractivity contribution >= 4 is 23.4 Å². The molecule has 0 aliphatic carbocycles. The van der Waals surface area contributed by atoms with E-state index in [0.717, 1.165) is 5.56 Å². The summed E-state index contributed by atoms with van der Waals surface area (Å²) in [6.07, 6.45) is 0.546. The number of pyridine rings is 1. The minimum Gasteiger partial charge on any atom is -0.478 e. The first-order valence-corrected chi connectivity index (χ1v) is 6.79. The molecule has 0 spiro atoms. The Bertz CT molecular complexity index is 620. The van der Waals surface area contributed by atoms with Gasteiger partial charge in [-0.3, -0.25) is 0 Å². The summed E-state index contributed by atoms with van der Waals surface area (Å²) in [5.41, 5.74) is 1.05. The molecule has 1 aromatic carbocycles. The zero-order valence-corrected chi connectivity index (χ0v) is 11.9. The SMILES string of the molecule is O=C(O)c1ccc(Cl)nc1N[C@@H](CO)Cc1ccccc1. The molecule has 1 atom stereocenters. The minimum absolute atomic E-state index is 0.0194. The molecular formula is C15H15ClN2O3. The second-order valence-electron chi connectivity index (χ2n) is 4.55. The summed E-state index contributed by atoms with van der Waals surface area (Å²) >= 11 is 5.80. The first-order valence-electron chi connectivity index (χ1n) is 6.41. The van der Waals surface area contributed by atoms with Crippen LogP contribution in [0.15, 0.2) is 42.5 Å². The van der Waals surface area contributed by atoms with Crippen molar-refractivity contribution in [3.8, 4) is 0 Å². The lowest BCUT2D eigenvalue weighted by Gasteiger charge is -2.18. The number of aromatic nitrogens is 1. The van der Waals surface area contributed by atoms with E-state index < -0.39 is 5.97 Å². The molecular weight excluding hydrogens is 292 g/mol. The van der Waals surface area contributed by atoms with Gasteiger partial charge in [0.2, 0.25) is 0 Å². The fourth-order valence-electron chi connectivity index (χ4n) is 1.97. The number of halogens is 1. The summed E-state index contributed by atoms with van der Waals surface area (Å²) in [4.78, 5) is 15.2. The van der Waals surface area contributed by atoms with Crippen LogP contribution in [0.1, 0.15) is 15.9 Å². The number of aliphatic hydroxyl groups excluding tert-OH is 1. The lowest BCUT2D eigenvalue weighted by molar-refractivity contribution is 0.0697. The highest BCUT2D eigenvalue weighted by atomic mass is 35.5. The molecule has 2 aromatic rings. The van der Waals surface area contributed by atoms with Gasteiger partial charge in [-0.25, -0.2) is 9.78 Å². The van der Waals surface area contributed by atoms with Gasteiger partial charge in [0.15, 0.2) is 0 Å². The second kappa shape index (κ2) is 7.06. The summed E-state index contributed by atoms with van der Waals surface area (Å²) in [7, 11) is 0. The number of nitrogens with one attached hydrogen (secondary N) is 1. The molecule has 0 bridgehead atoms. The van der Waals surface area contributed by atoms with E-state index in [1.165, 1.54) is 12.1 Å². The monoisotopic (exact) mass is 306 g/mol. The number of hydrogen-bond donors (Lipinski definition) is 3. The third kappa shape index (κ3) is 4.18. The molecule has 1 heterocycles. The van der Waals surface area contributed by atoms with E-state index >= 15 is 0 Å². The number of carboxylic acid groups (broad SMARTS) is 1. The lowest BCUT2D eigenvalue weighted by Crippen LogP contribution is -2.28. The van der Waals surface area contributed by atoms with Crippen molar-refractivity contribution in [1.29, 1.82) is 0 Å². The Kier molecular flexibility index (Phi) is 5.14. The molecule has 0 amide bonds. The van der Waals surface area contributed by atoms with Gasteiger partial charge >= 0.3 is 5.97 Å². The first kappa shape index (κ1) is 15.3. The summed E-state index contributed by atoms with van der Waals surface area (Å²) in [5, 5.41) is 21.8. The Hall–Kier alpha value is -2.11. The minimum atomic E-state index is -1.10. The van der Waals surface area contributed by atoms with Crippen LogP contribution in [-0.4, -0.2) is 33.8 Å². The normalized spacial score (nSPS) is 11.9. The van der Waals surface area contributed by atoms with E-state index in [1.54, 1.807) is 0 Å². The Balaban J connectivity index is 2.18. The van der Waals surface area contributed by atoms with Crippen LogP contribution in [0.25, 0.3) is 0 Å². The highest BCUT2D eigenvalue weighted by molar-refractivity contribution is 6.29. The van der Waals surface area contributed by atoms with Gasteiger partial charge in [-0.2, -0.15) is 0 Å². The van der Waals surface area contributed by atoms with E-state index in [-0.39, 0.29) is 29.2 Å². The highest BCUT2D eigenvalue weighted by Crippen LogP contribution is 2.18. The Morgan fingerprint density at radius 3 is 2.57 bits per heavy atom. The maximum atomic E-state index is 11.2. The quantitative estimate of drug-likeness (QED) is 0.714. The average molecular weight is 307 g/mol. The largest absolute Gasteiger partial charge is 0.478 e. The molecule has 0 fully saturated rings. The molecule has 0 saturated heterocycles. The van der Waals surface area contributed by atoms with E-state index in [1.807, 2.05) is 30.3 Å². The molecule has 110 valence electrons. The third-order valence-electron chi connectivity index (χ3n) is 2.98. The van der Waals surface area contributed by atoms with Crippen LogP contribution in [0.2, 0.25) is 5.15 Å². The molecule has 6 heteroatoms. The standard InChI is InChI=1S/C15H15ClN2O3/c16-13-7-6-12(15(20)21)14(18-13)17-11(9-19)8-10-4-2-1-3-5-10/h1-7,11,19H,8-9H2,(H,17,18)(H,20,21)/t11-/m1/s1. The molecule has 0 aliphatic heterocycles. The maximum Gasteiger partial charge on any atom is 0.339 e. The molecule has 5 nitrogen and oxygen atoms in total. The van der Waals surface area contributed by atoms with Crippen LogP contribution in [0.3, 0.4) is 0 Å². The van der Waals surface area contributed by atoms with Crippen molar-refractivity contribution in [2.45, 2.75) is 12.5 Å². The fourth-order valence-corrected chi connectivity index (χ4v) is 2.12. The van der Waals surface area contributed by atoms with Crippen LogP contribution < -0.4 is 5.32 Å². The number of anilines is 1. The number of nitrogens with zero attached hydrogens (tertiary/aromatic N) is 1. The van der Waals surface area contributed by atoms with Gasteiger partial charge in [-0.05, 0) is 24.1 Å². The number of benzene rings is 1. The van der Waals surface area contributed by atoms with Crippen LogP contribution in [0.5, 0.6) is 0 Å². The molecule has 2 rings (SSSR count). The summed E-state index contributed by atoms with van der Waals surface area (Å²) in [6.45, 7) is -0.151. The van der Waals surface area contributed by atoms with Crippen molar-refractivity contribution in [1.82, 2.24) is 4.98 Å². The molecule has 1 aromatic heterocycles. The van der Waals surface area contributed by atoms with Crippen LogP contribution >= 0.6 is 11.6 Å². The average Bonchev–Trinajstić information content (AvgIpc) is 2.47. The highest BCUT2D eigenvalue weighted by Gasteiger charge is 2.16. The molecule has 0 unspecified atom stereocenters. The van der Waals surface area contributed by atoms with Gasteiger partial charge < -0.3 is 15.5 Å². The van der Waals surface area contributed by atoms with E-state index in [2.05, 4.69) is 10.3 Å². The first-order chi connectivity index (χ1) is 10.1. The zero-order chi connectivity index (χ0) is 15.2. The van der Waals surface area contributed by atoms with E-state index in [4.69, 9.17) is 16.7 Å². The number of carbonyl (C=O) groups is 1. The van der Waals surface area contributed by atoms with Crippen LogP contribution in [-0.2, 0) is 6.42 Å².